The van der Waals surface area contributed by atoms with Crippen molar-refractivity contribution in [3.8, 4) is 11.1 Å². The van der Waals surface area contributed by atoms with Gasteiger partial charge in [-0.3, -0.25) is 0 Å². The van der Waals surface area contributed by atoms with E-state index < -0.39 is 21.8 Å². The minimum atomic E-state index is -4.82. The topological polar surface area (TPSA) is 29.1 Å². The third-order valence-electron chi connectivity index (χ3n) is 5.88. The van der Waals surface area contributed by atoms with E-state index in [4.69, 9.17) is 17.0 Å². The first-order chi connectivity index (χ1) is 13.7. The van der Waals surface area contributed by atoms with Gasteiger partial charge in [0.25, 0.3) is 0 Å². The van der Waals surface area contributed by atoms with Crippen molar-refractivity contribution in [2.75, 3.05) is 0 Å². The SMILES string of the molecule is C[SiH](C)[Zr]([Cl])([Cl])([NH]C(=O)c1ccc(Br)cc1)[CH]1c2ccccc2-c2ccccc21. The van der Waals surface area contributed by atoms with Crippen LogP contribution in [0.2, 0.25) is 13.1 Å². The molecule has 3 aromatic rings. The van der Waals surface area contributed by atoms with E-state index in [0.29, 0.717) is 5.56 Å². The molecule has 0 saturated carbocycles. The van der Waals surface area contributed by atoms with E-state index in [-0.39, 0.29) is 9.53 Å². The Balaban J connectivity index is 1.86. The Morgan fingerprint density at radius 3 is 1.86 bits per heavy atom. The third-order valence-corrected chi connectivity index (χ3v) is 52.0. The number of benzene rings is 3. The summed E-state index contributed by atoms with van der Waals surface area (Å²) in [6.45, 7) is 4.33. The standard InChI is InChI=1S/C13H9.C7H6BrNO.C2H7Si.2ClH.Zr/c1-3-7-12-10(5-1)9-11-6-2-4-8-13(11)12;8-6-3-1-5(2-4-6)7(9)10;1-3-2;;;/h1-9H;1-4H,(H2,9,10);3H,1-2H3;2*1H;/q;;;;;+3/p-3. The molecule has 2 nitrogen and oxygen atoms in total. The van der Waals surface area contributed by atoms with Crippen LogP contribution in [-0.4, -0.2) is 11.8 Å². The number of halogens is 3. The summed E-state index contributed by atoms with van der Waals surface area (Å²) in [6.07, 6.45) is 0. The molecule has 0 unspecified atom stereocenters. The van der Waals surface area contributed by atoms with Gasteiger partial charge < -0.3 is 0 Å². The van der Waals surface area contributed by atoms with Crippen molar-refractivity contribution in [2.24, 2.45) is 0 Å². The fourth-order valence-electron chi connectivity index (χ4n) is 4.17. The van der Waals surface area contributed by atoms with Crippen LogP contribution in [0, 0.1) is 0 Å². The molecule has 0 radical (unpaired) electrons. The van der Waals surface area contributed by atoms with Crippen LogP contribution in [-0.2, 0) is 15.8 Å². The first-order valence-electron chi connectivity index (χ1n) is 9.56. The van der Waals surface area contributed by atoms with Crippen LogP contribution < -0.4 is 3.26 Å². The normalized spacial score (nSPS) is 14.8. The average molecular weight is 586 g/mol. The fourth-order valence-corrected chi connectivity index (χ4v) is 24.9. The van der Waals surface area contributed by atoms with E-state index in [1.54, 1.807) is 12.1 Å². The molecule has 149 valence electrons. The Morgan fingerprint density at radius 2 is 1.38 bits per heavy atom. The molecular formula is C22H21BrCl2NOSiZr. The number of amides is 1. The van der Waals surface area contributed by atoms with Gasteiger partial charge in [0.15, 0.2) is 0 Å². The van der Waals surface area contributed by atoms with Crippen LogP contribution in [0.25, 0.3) is 11.1 Å². The monoisotopic (exact) mass is 582 g/mol. The Bertz CT molecular complexity index is 1060. The summed E-state index contributed by atoms with van der Waals surface area (Å²) in [7, 11) is 15.1. The Hall–Kier alpha value is -0.710. The molecule has 0 bridgehead atoms. The second kappa shape index (κ2) is 7.76. The van der Waals surface area contributed by atoms with E-state index in [0.717, 1.165) is 15.6 Å². The van der Waals surface area contributed by atoms with E-state index in [2.05, 4.69) is 56.5 Å². The van der Waals surface area contributed by atoms with E-state index in [1.165, 1.54) is 11.1 Å². The van der Waals surface area contributed by atoms with Crippen LogP contribution in [0.5, 0.6) is 0 Å². The quantitative estimate of drug-likeness (QED) is 0.334. The van der Waals surface area contributed by atoms with Gasteiger partial charge in [-0.05, 0) is 0 Å². The number of fused-ring (bicyclic) bond motifs is 3. The van der Waals surface area contributed by atoms with Crippen molar-refractivity contribution < 1.29 is 20.6 Å². The van der Waals surface area contributed by atoms with Crippen LogP contribution in [0.1, 0.15) is 25.1 Å². The van der Waals surface area contributed by atoms with Crippen LogP contribution in [0.15, 0.2) is 77.3 Å². The van der Waals surface area contributed by atoms with E-state index in [9.17, 15) is 4.79 Å². The molecule has 7 heteroatoms. The summed E-state index contributed by atoms with van der Waals surface area (Å²) >= 11 is -1.40. The third kappa shape index (κ3) is 3.64. The number of hydrogen-bond acceptors (Lipinski definition) is 1. The molecule has 1 aliphatic rings. The number of nitrogens with one attached hydrogen (secondary N) is 1. The summed E-state index contributed by atoms with van der Waals surface area (Å²) in [5.74, 6) is -1.86. The zero-order valence-electron chi connectivity index (χ0n) is 16.1. The van der Waals surface area contributed by atoms with Gasteiger partial charge in [-0.2, -0.15) is 0 Å². The summed E-state index contributed by atoms with van der Waals surface area (Å²) < 4.78 is 4.06. The summed E-state index contributed by atoms with van der Waals surface area (Å²) in [4.78, 5) is 13.2. The number of carbonyl (C=O) groups is 1. The number of hydrogen-bond donors (Lipinski definition) is 1. The van der Waals surface area contributed by atoms with Gasteiger partial charge >= 0.3 is 190 Å². The van der Waals surface area contributed by atoms with Crippen molar-refractivity contribution in [1.82, 2.24) is 3.26 Å². The fraction of sp³-hybridized carbons (Fsp3) is 0.136. The van der Waals surface area contributed by atoms with Gasteiger partial charge in [-0.15, -0.1) is 0 Å². The van der Waals surface area contributed by atoms with E-state index >= 15 is 0 Å². The second-order valence-electron chi connectivity index (χ2n) is 7.88. The predicted molar refractivity (Wildman–Crippen MR) is 126 cm³/mol. The molecular weight excluding hydrogens is 564 g/mol. The summed E-state index contributed by atoms with van der Waals surface area (Å²) in [5, 5.41) is 0. The zero-order valence-corrected chi connectivity index (χ0v) is 22.8. The predicted octanol–water partition coefficient (Wildman–Crippen LogP) is 6.84. The first kappa shape index (κ1) is 21.5. The van der Waals surface area contributed by atoms with Crippen molar-refractivity contribution in [1.29, 1.82) is 0 Å². The molecule has 0 heterocycles. The number of carbonyl (C=O) groups excluding carboxylic acids is 1. The molecule has 0 saturated heterocycles. The summed E-state index contributed by atoms with van der Waals surface area (Å²) in [6, 6.07) is 23.9. The molecule has 0 atom stereocenters. The molecule has 0 aromatic heterocycles. The Morgan fingerprint density at radius 1 is 0.897 bits per heavy atom. The van der Waals surface area contributed by atoms with Crippen molar-refractivity contribution in [2.45, 2.75) is 16.7 Å². The van der Waals surface area contributed by atoms with Gasteiger partial charge in [-0.25, -0.2) is 0 Å². The molecule has 0 fully saturated rings. The molecule has 29 heavy (non-hydrogen) atoms. The molecule has 1 amide bonds. The summed E-state index contributed by atoms with van der Waals surface area (Å²) in [5.41, 5.74) is 5.19. The molecule has 0 aliphatic heterocycles. The number of rotatable bonds is 4. The first-order valence-corrected chi connectivity index (χ1v) is 26.5. The van der Waals surface area contributed by atoms with Crippen LogP contribution >= 0.6 is 33.0 Å². The molecule has 1 N–H and O–H groups in total. The molecule has 4 rings (SSSR count). The minimum absolute atomic E-state index is 0.141. The van der Waals surface area contributed by atoms with Crippen LogP contribution in [0.3, 0.4) is 0 Å². The maximum absolute atomic E-state index is 13.2. The van der Waals surface area contributed by atoms with Gasteiger partial charge in [0.05, 0.1) is 0 Å². The van der Waals surface area contributed by atoms with Crippen molar-refractivity contribution in [3.63, 3.8) is 0 Å². The van der Waals surface area contributed by atoms with E-state index in [1.807, 2.05) is 36.4 Å². The second-order valence-corrected chi connectivity index (χ2v) is 49.5. The molecule has 3 aromatic carbocycles. The zero-order chi connectivity index (χ0) is 20.8. The van der Waals surface area contributed by atoms with Gasteiger partial charge in [-0.1, -0.05) is 0 Å². The average Bonchev–Trinajstić information content (AvgIpc) is 3.04. The molecule has 0 spiro atoms. The van der Waals surface area contributed by atoms with Crippen molar-refractivity contribution in [3.05, 3.63) is 94.0 Å². The Labute approximate surface area is 188 Å². The van der Waals surface area contributed by atoms with Crippen LogP contribution in [0.4, 0.5) is 0 Å². The Kier molecular flexibility index (Phi) is 5.76. The van der Waals surface area contributed by atoms with Gasteiger partial charge in [0, 0.05) is 0 Å². The van der Waals surface area contributed by atoms with Gasteiger partial charge in [0.1, 0.15) is 0 Å². The molecule has 1 aliphatic carbocycles. The van der Waals surface area contributed by atoms with Gasteiger partial charge in [0.2, 0.25) is 0 Å². The maximum atomic E-state index is 13.2. The van der Waals surface area contributed by atoms with Crippen molar-refractivity contribution >= 4 is 44.8 Å².